The molecule has 2 aliphatic carbocycles. The first-order valence-corrected chi connectivity index (χ1v) is 24.1. The molecule has 13 heteroatoms. The fraction of sp³-hybridized carbons (Fsp3) is 0.566. The van der Waals surface area contributed by atoms with E-state index in [0.29, 0.717) is 66.4 Å². The van der Waals surface area contributed by atoms with Crippen molar-refractivity contribution in [2.45, 2.75) is 124 Å². The number of Topliss-reactive ketones (excluding diaryl/α,β-unsaturated/α-hetero) is 1. The van der Waals surface area contributed by atoms with Crippen LogP contribution in [0.3, 0.4) is 0 Å². The van der Waals surface area contributed by atoms with Gasteiger partial charge in [-0.05, 0) is 118 Å². The van der Waals surface area contributed by atoms with Crippen LogP contribution in [-0.4, -0.2) is 98.7 Å². The molecule has 3 aromatic rings. The van der Waals surface area contributed by atoms with Crippen LogP contribution in [0.5, 0.6) is 17.2 Å². The highest BCUT2D eigenvalue weighted by Gasteiger charge is 2.64. The molecule has 2 saturated carbocycles. The van der Waals surface area contributed by atoms with Gasteiger partial charge in [0.05, 0.1) is 24.8 Å². The normalized spacial score (nSPS) is 25.7. The second-order valence-corrected chi connectivity index (χ2v) is 20.5. The van der Waals surface area contributed by atoms with Crippen LogP contribution in [0, 0.1) is 47.8 Å². The van der Waals surface area contributed by atoms with E-state index in [2.05, 4.69) is 66.3 Å². The molecule has 3 amide bonds. The van der Waals surface area contributed by atoms with Gasteiger partial charge in [-0.25, -0.2) is 0 Å². The molecule has 3 aromatic carbocycles. The molecule has 0 radical (unpaired) electrons. The summed E-state index contributed by atoms with van der Waals surface area (Å²) in [6.45, 7) is 18.1. The number of nitriles is 1. The minimum absolute atomic E-state index is 0.0364. The molecule has 9 rings (SSSR count). The van der Waals surface area contributed by atoms with Crippen LogP contribution >= 0.6 is 0 Å². The van der Waals surface area contributed by atoms with E-state index in [1.54, 1.807) is 12.1 Å². The third-order valence-corrected chi connectivity index (χ3v) is 15.0. The van der Waals surface area contributed by atoms with Crippen LogP contribution in [0.15, 0.2) is 54.6 Å². The number of hydrogen-bond donors (Lipinski definition) is 2. The van der Waals surface area contributed by atoms with Gasteiger partial charge in [0, 0.05) is 104 Å². The highest BCUT2D eigenvalue weighted by atomic mass is 16.5. The molecule has 0 aromatic heterocycles. The lowest BCUT2D eigenvalue weighted by Crippen LogP contribution is -2.74. The van der Waals surface area contributed by atoms with Crippen LogP contribution in [0.2, 0.25) is 0 Å². The Morgan fingerprint density at radius 2 is 1.55 bits per heavy atom. The Kier molecular flexibility index (Phi) is 14.1. The molecule has 2 N–H and O–H groups in total. The Morgan fingerprint density at radius 1 is 0.864 bits per heavy atom. The van der Waals surface area contributed by atoms with Gasteiger partial charge in [-0.2, -0.15) is 5.26 Å². The van der Waals surface area contributed by atoms with E-state index in [-0.39, 0.29) is 65.4 Å². The second kappa shape index (κ2) is 19.8. The molecule has 6 aliphatic rings. The summed E-state index contributed by atoms with van der Waals surface area (Å²) in [5.41, 5.74) is 4.09. The third kappa shape index (κ3) is 10.2. The number of hydrogen-bond acceptors (Lipinski definition) is 11. The quantitative estimate of drug-likeness (QED) is 0.152. The van der Waals surface area contributed by atoms with Crippen molar-refractivity contribution in [1.82, 2.24) is 15.5 Å². The molecule has 4 fully saturated rings. The molecule has 352 valence electrons. The summed E-state index contributed by atoms with van der Waals surface area (Å²) >= 11 is 0. The number of imide groups is 1. The van der Waals surface area contributed by atoms with E-state index >= 15 is 0 Å². The Hall–Kier alpha value is -5.45. The van der Waals surface area contributed by atoms with E-state index in [4.69, 9.17) is 18.9 Å². The molecule has 2 saturated heterocycles. The number of fused-ring (bicyclic) bond motifs is 8. The van der Waals surface area contributed by atoms with Crippen LogP contribution < -0.4 is 29.7 Å². The summed E-state index contributed by atoms with van der Waals surface area (Å²) < 4.78 is 25.4. The average molecular weight is 902 g/mol. The van der Waals surface area contributed by atoms with Crippen LogP contribution in [0.4, 0.5) is 5.69 Å². The van der Waals surface area contributed by atoms with Gasteiger partial charge in [-0.3, -0.25) is 29.4 Å². The largest absolute Gasteiger partial charge is 0.490 e. The maximum absolute atomic E-state index is 13.7. The number of carbonyl (C=O) groups excluding carboxylic acids is 4. The summed E-state index contributed by atoms with van der Waals surface area (Å²) in [7, 11) is 0. The maximum Gasteiger partial charge on any atom is 0.251 e. The summed E-state index contributed by atoms with van der Waals surface area (Å²) in [5.74, 6) is 1.05. The third-order valence-electron chi connectivity index (χ3n) is 15.0. The van der Waals surface area contributed by atoms with E-state index in [1.165, 1.54) is 0 Å². The van der Waals surface area contributed by atoms with E-state index in [9.17, 15) is 24.4 Å². The number of nitrogens with zero attached hydrogens (tertiary/aromatic N) is 3. The first-order chi connectivity index (χ1) is 31.6. The Bertz CT molecular complexity index is 2280. The smallest absolute Gasteiger partial charge is 0.251 e. The predicted octanol–water partition coefficient (Wildman–Crippen LogP) is 7.73. The van der Waals surface area contributed by atoms with E-state index in [1.807, 2.05) is 44.2 Å². The monoisotopic (exact) mass is 901 g/mol. The molecular formula is C53H67N5O8. The van der Waals surface area contributed by atoms with Crippen molar-refractivity contribution in [1.29, 1.82) is 5.26 Å². The number of benzene rings is 3. The van der Waals surface area contributed by atoms with Gasteiger partial charge < -0.3 is 29.2 Å². The fourth-order valence-corrected chi connectivity index (χ4v) is 11.3. The Balaban J connectivity index is 0.819. The molecule has 2 bridgehead atoms. The molecule has 66 heavy (non-hydrogen) atoms. The van der Waals surface area contributed by atoms with E-state index in [0.717, 1.165) is 87.3 Å². The van der Waals surface area contributed by atoms with Gasteiger partial charge in [0.25, 0.3) is 5.91 Å². The number of piperidine rings is 2. The van der Waals surface area contributed by atoms with Crippen LogP contribution in [0.1, 0.15) is 123 Å². The topological polar surface area (TPSA) is 160 Å². The molecular weight excluding hydrogens is 835 g/mol. The Morgan fingerprint density at radius 3 is 2.23 bits per heavy atom. The Labute approximate surface area is 389 Å². The zero-order chi connectivity index (χ0) is 46.8. The van der Waals surface area contributed by atoms with Crippen molar-refractivity contribution >= 4 is 29.2 Å². The van der Waals surface area contributed by atoms with Gasteiger partial charge in [0.15, 0.2) is 17.3 Å². The molecule has 1 unspecified atom stereocenters. The maximum atomic E-state index is 13.7. The molecule has 0 spiro atoms. The van der Waals surface area contributed by atoms with Crippen molar-refractivity contribution in [3.05, 3.63) is 82.4 Å². The fourth-order valence-electron chi connectivity index (χ4n) is 11.3. The van der Waals surface area contributed by atoms with Crippen molar-refractivity contribution < 1.29 is 38.1 Å². The molecule has 13 nitrogen and oxygen atoms in total. The number of anilines is 1. The lowest BCUT2D eigenvalue weighted by atomic mass is 9.49. The number of aryl methyl sites for hydroxylation is 2. The number of nitrogens with one attached hydrogen (secondary N) is 2. The molecule has 1 atom stereocenters. The number of amides is 3. The molecule has 4 aliphatic heterocycles. The van der Waals surface area contributed by atoms with Crippen molar-refractivity contribution in [2.24, 2.45) is 22.7 Å². The number of ether oxygens (including phenoxy) is 4. The highest BCUT2D eigenvalue weighted by Crippen LogP contribution is 2.55. The summed E-state index contributed by atoms with van der Waals surface area (Å²) in [4.78, 5) is 55.9. The summed E-state index contributed by atoms with van der Waals surface area (Å²) in [5, 5.41) is 15.2. The number of rotatable bonds is 10. The minimum Gasteiger partial charge on any atom is -0.490 e. The van der Waals surface area contributed by atoms with Gasteiger partial charge in [-0.1, -0.05) is 27.7 Å². The van der Waals surface area contributed by atoms with Gasteiger partial charge in [-0.15, -0.1) is 0 Å². The highest BCUT2D eigenvalue weighted by molar-refractivity contribution is 6.03. The van der Waals surface area contributed by atoms with Crippen molar-refractivity contribution in [3.8, 4) is 23.3 Å². The van der Waals surface area contributed by atoms with Gasteiger partial charge >= 0.3 is 0 Å². The SMILES string of the molecule is Cc1cc(OC2C(C)(C)C(NC(=O)c3ccc(N4CCC(CN5CCOCCCCOc6cc(C(=O)CC7CCC(=O)NC7=O)ccc6OC6CC5C6)CC4)cc3)C2(C)C)cc(C)c1C#N. The van der Waals surface area contributed by atoms with Crippen LogP contribution in [0.25, 0.3) is 0 Å². The zero-order valence-corrected chi connectivity index (χ0v) is 39.6. The average Bonchev–Trinajstić information content (AvgIpc) is 3.28. The summed E-state index contributed by atoms with van der Waals surface area (Å²) in [6, 6.07) is 19.8. The number of carbonyl (C=O) groups is 4. The van der Waals surface area contributed by atoms with Crippen LogP contribution in [-0.2, 0) is 14.3 Å². The molecule has 4 heterocycles. The first kappa shape index (κ1) is 47.1. The number of ketones is 1. The van der Waals surface area contributed by atoms with Gasteiger partial charge in [0.2, 0.25) is 11.8 Å². The minimum atomic E-state index is -0.514. The van der Waals surface area contributed by atoms with Crippen molar-refractivity contribution in [3.63, 3.8) is 0 Å². The lowest BCUT2D eigenvalue weighted by molar-refractivity contribution is -0.164. The zero-order valence-electron chi connectivity index (χ0n) is 39.6. The lowest BCUT2D eigenvalue weighted by Gasteiger charge is -2.63. The second-order valence-electron chi connectivity index (χ2n) is 20.5. The van der Waals surface area contributed by atoms with E-state index < -0.39 is 5.92 Å². The first-order valence-electron chi connectivity index (χ1n) is 24.1. The van der Waals surface area contributed by atoms with Gasteiger partial charge in [0.1, 0.15) is 18.0 Å². The summed E-state index contributed by atoms with van der Waals surface area (Å²) in [6.07, 6.45) is 6.19. The predicted molar refractivity (Wildman–Crippen MR) is 251 cm³/mol. The van der Waals surface area contributed by atoms with Crippen molar-refractivity contribution in [2.75, 3.05) is 50.9 Å². The standard InChI is InChI=1S/C53H67N5O8/c1-33-25-41(26-34(2)43(33)31-54)66-51-52(3,4)50(53(51,5)6)56-48(61)36-9-13-39(14-10-36)57-19-17-35(18-20-57)32-58-21-24-63-22-7-8-23-64-46-28-37(11-15-45(46)65-42-29-40(58)30-42)44(59)27-38-12-16-47(60)55-49(38)62/h9-11,13-15,25-26,28,35,38,40,42,50-51H,7-8,12,16-24,27,29-30,32H2,1-6H3,(H,56,61)(H,55,60,62).